The van der Waals surface area contributed by atoms with Gasteiger partial charge in [-0.05, 0) is 18.2 Å². The van der Waals surface area contributed by atoms with Crippen LogP contribution in [0.2, 0.25) is 0 Å². The number of pyridine rings is 1. The van der Waals surface area contributed by atoms with Crippen LogP contribution in [0.15, 0.2) is 42.7 Å². The highest BCUT2D eigenvalue weighted by molar-refractivity contribution is 5.84. The number of hydrogen-bond donors (Lipinski definition) is 0. The van der Waals surface area contributed by atoms with Crippen LogP contribution in [0.3, 0.4) is 0 Å². The summed E-state index contributed by atoms with van der Waals surface area (Å²) in [4.78, 5) is 17.5. The number of carbonyl (C=O) groups excluding carboxylic acids is 1. The number of fused-ring (bicyclic) bond motifs is 1. The predicted molar refractivity (Wildman–Crippen MR) is 88.8 cm³/mol. The van der Waals surface area contributed by atoms with E-state index in [0.717, 1.165) is 6.07 Å². The van der Waals surface area contributed by atoms with E-state index in [9.17, 15) is 22.4 Å². The van der Waals surface area contributed by atoms with E-state index in [1.54, 1.807) is 30.9 Å². The van der Waals surface area contributed by atoms with Crippen molar-refractivity contribution in [2.45, 2.75) is 12.7 Å². The molecule has 4 nitrogen and oxygen atoms in total. The standard InChI is InChI=1S/C18H15F4N3O/c1-24(2)16(26)10-25-7-6-14-15(25)8-11(9-23-14)12-4-3-5-13(17(12)19)18(20,21)22/h3-9H,10H2,1-2H3. The summed E-state index contributed by atoms with van der Waals surface area (Å²) >= 11 is 0. The maximum atomic E-state index is 14.4. The van der Waals surface area contributed by atoms with Crippen molar-refractivity contribution in [1.29, 1.82) is 0 Å². The summed E-state index contributed by atoms with van der Waals surface area (Å²) in [5.74, 6) is -1.50. The third-order valence-corrected chi connectivity index (χ3v) is 4.04. The van der Waals surface area contributed by atoms with Crippen molar-refractivity contribution >= 4 is 16.9 Å². The molecule has 0 atom stereocenters. The van der Waals surface area contributed by atoms with Crippen molar-refractivity contribution in [2.75, 3.05) is 14.1 Å². The van der Waals surface area contributed by atoms with E-state index in [0.29, 0.717) is 17.1 Å². The summed E-state index contributed by atoms with van der Waals surface area (Å²) in [5, 5.41) is 0. The maximum Gasteiger partial charge on any atom is 0.419 e. The lowest BCUT2D eigenvalue weighted by atomic mass is 10.0. The number of hydrogen-bond acceptors (Lipinski definition) is 2. The lowest BCUT2D eigenvalue weighted by Crippen LogP contribution is -2.25. The van der Waals surface area contributed by atoms with Gasteiger partial charge in [0.05, 0.1) is 16.6 Å². The largest absolute Gasteiger partial charge is 0.419 e. The van der Waals surface area contributed by atoms with Crippen LogP contribution in [-0.4, -0.2) is 34.5 Å². The van der Waals surface area contributed by atoms with Crippen LogP contribution in [0.25, 0.3) is 22.2 Å². The number of alkyl halides is 3. The third kappa shape index (κ3) is 3.26. The number of halogens is 4. The Hall–Kier alpha value is -2.90. The Bertz CT molecular complexity index is 976. The minimum atomic E-state index is -4.78. The molecule has 26 heavy (non-hydrogen) atoms. The van der Waals surface area contributed by atoms with E-state index in [1.807, 2.05) is 0 Å². The normalized spacial score (nSPS) is 11.8. The first kappa shape index (κ1) is 17.9. The van der Waals surface area contributed by atoms with Gasteiger partial charge in [0.1, 0.15) is 12.4 Å². The van der Waals surface area contributed by atoms with Crippen LogP contribution in [0.4, 0.5) is 17.6 Å². The molecule has 8 heteroatoms. The smallest absolute Gasteiger partial charge is 0.347 e. The van der Waals surface area contributed by atoms with Gasteiger partial charge in [0, 0.05) is 37.6 Å². The molecule has 0 aliphatic heterocycles. The van der Waals surface area contributed by atoms with Gasteiger partial charge in [0.15, 0.2) is 0 Å². The van der Waals surface area contributed by atoms with E-state index in [2.05, 4.69) is 4.98 Å². The van der Waals surface area contributed by atoms with Gasteiger partial charge in [-0.1, -0.05) is 12.1 Å². The lowest BCUT2D eigenvalue weighted by Gasteiger charge is -2.13. The highest BCUT2D eigenvalue weighted by Crippen LogP contribution is 2.35. The number of amides is 1. The molecule has 0 radical (unpaired) electrons. The van der Waals surface area contributed by atoms with Gasteiger partial charge in [-0.2, -0.15) is 13.2 Å². The van der Waals surface area contributed by atoms with E-state index in [-0.39, 0.29) is 23.6 Å². The van der Waals surface area contributed by atoms with Crippen LogP contribution >= 0.6 is 0 Å². The fourth-order valence-electron chi connectivity index (χ4n) is 2.61. The Labute approximate surface area is 146 Å². The van der Waals surface area contributed by atoms with Gasteiger partial charge in [-0.25, -0.2) is 4.39 Å². The molecule has 0 unspecified atom stereocenters. The monoisotopic (exact) mass is 365 g/mol. The highest BCUT2D eigenvalue weighted by Gasteiger charge is 2.35. The number of rotatable bonds is 3. The van der Waals surface area contributed by atoms with Gasteiger partial charge < -0.3 is 9.47 Å². The molecule has 2 heterocycles. The van der Waals surface area contributed by atoms with E-state index >= 15 is 0 Å². The Morgan fingerprint density at radius 1 is 1.23 bits per heavy atom. The van der Waals surface area contributed by atoms with Crippen LogP contribution in [0, 0.1) is 5.82 Å². The lowest BCUT2D eigenvalue weighted by molar-refractivity contribution is -0.140. The fraction of sp³-hybridized carbons (Fsp3) is 0.222. The first-order valence-corrected chi connectivity index (χ1v) is 7.69. The molecule has 0 saturated carbocycles. The van der Waals surface area contributed by atoms with Gasteiger partial charge in [0.2, 0.25) is 5.91 Å². The zero-order chi connectivity index (χ0) is 19.1. The second kappa shape index (κ2) is 6.44. The van der Waals surface area contributed by atoms with Gasteiger partial charge in [-0.15, -0.1) is 0 Å². The molecule has 0 bridgehead atoms. The number of aromatic nitrogens is 2. The van der Waals surface area contributed by atoms with E-state index in [4.69, 9.17) is 0 Å². The summed E-state index contributed by atoms with van der Waals surface area (Å²) in [6, 6.07) is 6.34. The Morgan fingerprint density at radius 2 is 1.96 bits per heavy atom. The Morgan fingerprint density at radius 3 is 2.62 bits per heavy atom. The van der Waals surface area contributed by atoms with Crippen molar-refractivity contribution < 1.29 is 22.4 Å². The van der Waals surface area contributed by atoms with Crippen molar-refractivity contribution in [1.82, 2.24) is 14.5 Å². The Kier molecular flexibility index (Phi) is 4.43. The van der Waals surface area contributed by atoms with Gasteiger partial charge in [0.25, 0.3) is 0 Å². The molecular weight excluding hydrogens is 350 g/mol. The zero-order valence-electron chi connectivity index (χ0n) is 14.0. The molecule has 3 rings (SSSR count). The number of benzene rings is 1. The van der Waals surface area contributed by atoms with Crippen molar-refractivity contribution in [3.05, 3.63) is 54.1 Å². The average molecular weight is 365 g/mol. The molecule has 0 saturated heterocycles. The second-order valence-electron chi connectivity index (χ2n) is 6.03. The van der Waals surface area contributed by atoms with E-state index in [1.165, 1.54) is 23.2 Å². The molecule has 0 N–H and O–H groups in total. The van der Waals surface area contributed by atoms with Crippen LogP contribution < -0.4 is 0 Å². The van der Waals surface area contributed by atoms with E-state index < -0.39 is 17.6 Å². The predicted octanol–water partition coefficient (Wildman–Crippen LogP) is 3.95. The summed E-state index contributed by atoms with van der Waals surface area (Å²) in [6.07, 6.45) is -1.81. The van der Waals surface area contributed by atoms with Crippen LogP contribution in [0.1, 0.15) is 5.56 Å². The van der Waals surface area contributed by atoms with Crippen molar-refractivity contribution in [3.8, 4) is 11.1 Å². The van der Waals surface area contributed by atoms with Gasteiger partial charge >= 0.3 is 6.18 Å². The first-order chi connectivity index (χ1) is 12.2. The third-order valence-electron chi connectivity index (χ3n) is 4.04. The fourth-order valence-corrected chi connectivity index (χ4v) is 2.61. The summed E-state index contributed by atoms with van der Waals surface area (Å²) in [7, 11) is 3.24. The molecule has 0 spiro atoms. The quantitative estimate of drug-likeness (QED) is 0.659. The molecule has 0 fully saturated rings. The van der Waals surface area contributed by atoms with Crippen LogP contribution in [0.5, 0.6) is 0 Å². The molecule has 0 aliphatic carbocycles. The molecule has 0 aliphatic rings. The minimum Gasteiger partial charge on any atom is -0.347 e. The van der Waals surface area contributed by atoms with Crippen molar-refractivity contribution in [3.63, 3.8) is 0 Å². The summed E-state index contributed by atoms with van der Waals surface area (Å²) < 4.78 is 54.8. The first-order valence-electron chi connectivity index (χ1n) is 7.69. The topological polar surface area (TPSA) is 38.1 Å². The minimum absolute atomic E-state index is 0.0483. The Balaban J connectivity index is 2.09. The summed E-state index contributed by atoms with van der Waals surface area (Å²) in [6.45, 7) is 0.0483. The molecule has 1 aromatic carbocycles. The molecule has 2 aromatic heterocycles. The maximum absolute atomic E-state index is 14.4. The SMILES string of the molecule is CN(C)C(=O)Cn1ccc2ncc(-c3cccc(C(F)(F)F)c3F)cc21. The number of likely N-dealkylation sites (N-methyl/N-ethyl adjacent to an activating group) is 1. The number of carbonyl (C=O) groups is 1. The zero-order valence-corrected chi connectivity index (χ0v) is 14.0. The van der Waals surface area contributed by atoms with Crippen LogP contribution in [-0.2, 0) is 17.5 Å². The molecular formula is C18H15F4N3O. The molecule has 1 amide bonds. The average Bonchev–Trinajstić information content (AvgIpc) is 2.96. The molecule has 136 valence electrons. The molecule has 3 aromatic rings. The van der Waals surface area contributed by atoms with Crippen molar-refractivity contribution in [2.24, 2.45) is 0 Å². The highest BCUT2D eigenvalue weighted by atomic mass is 19.4. The number of nitrogens with zero attached hydrogens (tertiary/aromatic N) is 3. The van der Waals surface area contributed by atoms with Gasteiger partial charge in [-0.3, -0.25) is 9.78 Å². The summed E-state index contributed by atoms with van der Waals surface area (Å²) in [5.41, 5.74) is -0.213. The second-order valence-corrected chi connectivity index (χ2v) is 6.03.